The molecule has 3 aromatic rings. The van der Waals surface area contributed by atoms with Crippen LogP contribution in [-0.4, -0.2) is 37.0 Å². The van der Waals surface area contributed by atoms with Gasteiger partial charge in [-0.15, -0.1) is 0 Å². The van der Waals surface area contributed by atoms with Gasteiger partial charge in [-0.05, 0) is 66.2 Å². The lowest BCUT2D eigenvalue weighted by atomic mass is 10.1. The molecule has 0 saturated heterocycles. The van der Waals surface area contributed by atoms with Crippen LogP contribution >= 0.6 is 11.6 Å². The molecule has 0 aliphatic rings. The number of ketones is 1. The van der Waals surface area contributed by atoms with Gasteiger partial charge in [0.25, 0.3) is 5.91 Å². The van der Waals surface area contributed by atoms with Crippen molar-refractivity contribution in [1.29, 1.82) is 0 Å². The van der Waals surface area contributed by atoms with Crippen LogP contribution in [0.1, 0.15) is 26.3 Å². The minimum atomic E-state index is -0.269. The van der Waals surface area contributed by atoms with Crippen LogP contribution in [0.4, 0.5) is 11.4 Å². The molecule has 0 aliphatic heterocycles. The molecule has 0 fully saturated rings. The number of allylic oxidation sites excluding steroid dienone is 1. The molecule has 31 heavy (non-hydrogen) atoms. The molecule has 3 rings (SSSR count). The first-order chi connectivity index (χ1) is 15.0. The van der Waals surface area contributed by atoms with Gasteiger partial charge in [0.2, 0.25) is 0 Å². The third-order valence-corrected chi connectivity index (χ3v) is 4.95. The van der Waals surface area contributed by atoms with Crippen LogP contribution in [0.2, 0.25) is 5.02 Å². The van der Waals surface area contributed by atoms with E-state index in [1.54, 1.807) is 54.6 Å². The predicted octanol–water partition coefficient (Wildman–Crippen LogP) is 4.92. The standard InChI is InChI=1S/C25H23ClN2O3/c1-28(15-16-29)23-12-5-18(6-13-23)7-14-24(30)19-8-10-22(11-9-19)27-25(31)20-3-2-4-21(26)17-20/h2-14,17,29H,15-16H2,1H3,(H,27,31)/b14-7+. The molecule has 2 N–H and O–H groups in total. The highest BCUT2D eigenvalue weighted by Gasteiger charge is 2.08. The highest BCUT2D eigenvalue weighted by molar-refractivity contribution is 6.31. The summed E-state index contributed by atoms with van der Waals surface area (Å²) in [6.45, 7) is 0.652. The van der Waals surface area contributed by atoms with Crippen molar-refractivity contribution < 1.29 is 14.7 Å². The highest BCUT2D eigenvalue weighted by Crippen LogP contribution is 2.17. The molecule has 6 heteroatoms. The fraction of sp³-hybridized carbons (Fsp3) is 0.120. The minimum absolute atomic E-state index is 0.0930. The van der Waals surface area contributed by atoms with E-state index in [1.165, 1.54) is 6.08 Å². The molecule has 0 bridgehead atoms. The second-order valence-corrected chi connectivity index (χ2v) is 7.41. The molecular formula is C25H23ClN2O3. The topological polar surface area (TPSA) is 69.6 Å². The predicted molar refractivity (Wildman–Crippen MR) is 126 cm³/mol. The number of hydrogen-bond acceptors (Lipinski definition) is 4. The summed E-state index contributed by atoms with van der Waals surface area (Å²) < 4.78 is 0. The van der Waals surface area contributed by atoms with Gasteiger partial charge in [-0.2, -0.15) is 0 Å². The number of amides is 1. The van der Waals surface area contributed by atoms with Crippen LogP contribution in [0.15, 0.2) is 78.9 Å². The summed E-state index contributed by atoms with van der Waals surface area (Å²) in [6.07, 6.45) is 3.28. The van der Waals surface area contributed by atoms with Gasteiger partial charge in [0, 0.05) is 41.1 Å². The van der Waals surface area contributed by atoms with Crippen LogP contribution in [0.3, 0.4) is 0 Å². The maximum Gasteiger partial charge on any atom is 0.255 e. The Morgan fingerprint density at radius 1 is 1.00 bits per heavy atom. The summed E-state index contributed by atoms with van der Waals surface area (Å²) >= 11 is 5.92. The number of hydrogen-bond donors (Lipinski definition) is 2. The molecule has 1 amide bonds. The Hall–Kier alpha value is -3.41. The Morgan fingerprint density at radius 2 is 1.71 bits per heavy atom. The smallest absolute Gasteiger partial charge is 0.255 e. The summed E-state index contributed by atoms with van der Waals surface area (Å²) in [4.78, 5) is 26.7. The maximum atomic E-state index is 12.4. The van der Waals surface area contributed by atoms with Gasteiger partial charge in [0.15, 0.2) is 5.78 Å². The Balaban J connectivity index is 1.60. The van der Waals surface area contributed by atoms with E-state index in [2.05, 4.69) is 5.32 Å². The first kappa shape index (κ1) is 22.3. The number of carbonyl (C=O) groups is 2. The molecule has 3 aromatic carbocycles. The van der Waals surface area contributed by atoms with E-state index in [4.69, 9.17) is 16.7 Å². The number of aliphatic hydroxyl groups excluding tert-OH is 1. The van der Waals surface area contributed by atoms with Crippen molar-refractivity contribution in [3.05, 3.63) is 101 Å². The lowest BCUT2D eigenvalue weighted by Crippen LogP contribution is -2.20. The van der Waals surface area contributed by atoms with Crippen LogP contribution in [0, 0.1) is 0 Å². The van der Waals surface area contributed by atoms with E-state index >= 15 is 0 Å². The number of rotatable bonds is 8. The summed E-state index contributed by atoms with van der Waals surface area (Å²) in [7, 11) is 1.91. The van der Waals surface area contributed by atoms with Gasteiger partial charge in [-0.25, -0.2) is 0 Å². The van der Waals surface area contributed by atoms with Gasteiger partial charge >= 0.3 is 0 Å². The SMILES string of the molecule is CN(CCO)c1ccc(/C=C/C(=O)c2ccc(NC(=O)c3cccc(Cl)c3)cc2)cc1. The third-order valence-electron chi connectivity index (χ3n) is 4.71. The van der Waals surface area contributed by atoms with Gasteiger partial charge in [0.05, 0.1) is 6.61 Å². The monoisotopic (exact) mass is 434 g/mol. The first-order valence-electron chi connectivity index (χ1n) is 9.78. The van der Waals surface area contributed by atoms with Crippen molar-refractivity contribution in [2.45, 2.75) is 0 Å². The largest absolute Gasteiger partial charge is 0.395 e. The second-order valence-electron chi connectivity index (χ2n) is 6.98. The molecule has 0 unspecified atom stereocenters. The molecule has 0 aromatic heterocycles. The zero-order valence-electron chi connectivity index (χ0n) is 17.1. The molecule has 0 atom stereocenters. The molecule has 0 radical (unpaired) electrons. The fourth-order valence-corrected chi connectivity index (χ4v) is 3.13. The fourth-order valence-electron chi connectivity index (χ4n) is 2.94. The molecule has 0 saturated carbocycles. The van der Waals surface area contributed by atoms with E-state index in [-0.39, 0.29) is 18.3 Å². The number of carbonyl (C=O) groups excluding carboxylic acids is 2. The van der Waals surface area contributed by atoms with Gasteiger partial charge in [0.1, 0.15) is 0 Å². The molecule has 0 aliphatic carbocycles. The molecular weight excluding hydrogens is 412 g/mol. The Labute approximate surface area is 186 Å². The van der Waals surface area contributed by atoms with Crippen LogP contribution in [0.5, 0.6) is 0 Å². The summed E-state index contributed by atoms with van der Waals surface area (Å²) in [5.74, 6) is -0.399. The first-order valence-corrected chi connectivity index (χ1v) is 10.2. The van der Waals surface area contributed by atoms with E-state index in [1.807, 2.05) is 36.2 Å². The average Bonchev–Trinajstić information content (AvgIpc) is 2.78. The number of aliphatic hydroxyl groups is 1. The van der Waals surface area contributed by atoms with Gasteiger partial charge < -0.3 is 15.3 Å². The summed E-state index contributed by atoms with van der Waals surface area (Å²) in [6, 6.07) is 21.1. The summed E-state index contributed by atoms with van der Waals surface area (Å²) in [5, 5.41) is 12.3. The Bertz CT molecular complexity index is 1080. The van der Waals surface area contributed by atoms with Crippen LogP contribution in [0.25, 0.3) is 6.08 Å². The van der Waals surface area contributed by atoms with E-state index in [9.17, 15) is 9.59 Å². The zero-order valence-corrected chi connectivity index (χ0v) is 17.8. The van der Waals surface area contributed by atoms with Crippen LogP contribution < -0.4 is 10.2 Å². The van der Waals surface area contributed by atoms with Crippen LogP contribution in [-0.2, 0) is 0 Å². The molecule has 0 spiro atoms. The number of nitrogens with zero attached hydrogens (tertiary/aromatic N) is 1. The normalized spacial score (nSPS) is 10.8. The number of nitrogens with one attached hydrogen (secondary N) is 1. The van der Waals surface area contributed by atoms with E-state index in [0.717, 1.165) is 11.3 Å². The lowest BCUT2D eigenvalue weighted by molar-refractivity contribution is 0.102. The Kier molecular flexibility index (Phi) is 7.60. The number of anilines is 2. The van der Waals surface area contributed by atoms with Gasteiger partial charge in [-0.1, -0.05) is 35.9 Å². The van der Waals surface area contributed by atoms with Crippen molar-refractivity contribution in [1.82, 2.24) is 0 Å². The Morgan fingerprint density at radius 3 is 2.35 bits per heavy atom. The second kappa shape index (κ2) is 10.6. The van der Waals surface area contributed by atoms with Crippen molar-refractivity contribution in [3.8, 4) is 0 Å². The average molecular weight is 435 g/mol. The zero-order chi connectivity index (χ0) is 22.2. The van der Waals surface area contributed by atoms with E-state index in [0.29, 0.717) is 28.4 Å². The van der Waals surface area contributed by atoms with E-state index < -0.39 is 0 Å². The number of likely N-dealkylation sites (N-methyl/N-ethyl adjacent to an activating group) is 1. The number of halogens is 1. The number of benzene rings is 3. The molecule has 5 nitrogen and oxygen atoms in total. The van der Waals surface area contributed by atoms with Gasteiger partial charge in [-0.3, -0.25) is 9.59 Å². The van der Waals surface area contributed by atoms with Crippen molar-refractivity contribution >= 4 is 40.7 Å². The van der Waals surface area contributed by atoms with Crippen molar-refractivity contribution in [3.63, 3.8) is 0 Å². The molecule has 158 valence electrons. The third kappa shape index (κ3) is 6.28. The van der Waals surface area contributed by atoms with Crippen molar-refractivity contribution in [2.75, 3.05) is 30.4 Å². The minimum Gasteiger partial charge on any atom is -0.395 e. The quantitative estimate of drug-likeness (QED) is 0.390. The molecule has 0 heterocycles. The lowest BCUT2D eigenvalue weighted by Gasteiger charge is -2.17. The summed E-state index contributed by atoms with van der Waals surface area (Å²) in [5.41, 5.74) is 3.47. The maximum absolute atomic E-state index is 12.4. The highest BCUT2D eigenvalue weighted by atomic mass is 35.5. The van der Waals surface area contributed by atoms with Crippen molar-refractivity contribution in [2.24, 2.45) is 0 Å².